The van der Waals surface area contributed by atoms with Crippen LogP contribution in [0.1, 0.15) is 12.8 Å². The molecular formula is C14H18N2O4. The van der Waals surface area contributed by atoms with Gasteiger partial charge in [0.05, 0.1) is 13.2 Å². The van der Waals surface area contributed by atoms with Gasteiger partial charge in [0.15, 0.2) is 11.5 Å². The van der Waals surface area contributed by atoms with E-state index < -0.39 is 0 Å². The lowest BCUT2D eigenvalue weighted by atomic mass is 10.2. The highest BCUT2D eigenvalue weighted by molar-refractivity contribution is 5.92. The first kappa shape index (κ1) is 13.2. The van der Waals surface area contributed by atoms with E-state index in [-0.39, 0.29) is 24.6 Å². The lowest BCUT2D eigenvalue weighted by molar-refractivity contribution is -0.115. The van der Waals surface area contributed by atoms with E-state index >= 15 is 0 Å². The van der Waals surface area contributed by atoms with Crippen molar-refractivity contribution < 1.29 is 19.4 Å². The highest BCUT2D eigenvalue weighted by Gasteiger charge is 2.41. The van der Waals surface area contributed by atoms with Crippen LogP contribution in [0.3, 0.4) is 0 Å². The molecule has 0 unspecified atom stereocenters. The number of fused-ring (bicyclic) bond motifs is 1. The third kappa shape index (κ3) is 2.86. The van der Waals surface area contributed by atoms with E-state index in [4.69, 9.17) is 14.6 Å². The summed E-state index contributed by atoms with van der Waals surface area (Å²) >= 11 is 0. The topological polar surface area (TPSA) is 79.8 Å². The predicted molar refractivity (Wildman–Crippen MR) is 73.1 cm³/mol. The van der Waals surface area contributed by atoms with Crippen LogP contribution >= 0.6 is 0 Å². The van der Waals surface area contributed by atoms with E-state index in [1.54, 1.807) is 18.2 Å². The van der Waals surface area contributed by atoms with Crippen LogP contribution in [0.25, 0.3) is 0 Å². The fraction of sp³-hybridized carbons (Fsp3) is 0.500. The van der Waals surface area contributed by atoms with Crippen molar-refractivity contribution in [2.45, 2.75) is 18.4 Å². The molecule has 3 N–H and O–H groups in total. The molecule has 0 atom stereocenters. The fourth-order valence-corrected chi connectivity index (χ4v) is 2.14. The van der Waals surface area contributed by atoms with Crippen LogP contribution in [0.5, 0.6) is 11.5 Å². The normalized spacial score (nSPS) is 18.4. The second kappa shape index (κ2) is 5.30. The Morgan fingerprint density at radius 1 is 1.25 bits per heavy atom. The standard InChI is InChI=1S/C14H18N2O4/c17-9-14(3-4-14)15-8-13(18)16-10-1-2-11-12(7-10)20-6-5-19-11/h1-2,7,15,17H,3-6,8-9H2,(H,16,18). The van der Waals surface area contributed by atoms with Gasteiger partial charge in [0.1, 0.15) is 13.2 Å². The molecule has 1 saturated carbocycles. The quantitative estimate of drug-likeness (QED) is 0.731. The molecule has 6 heteroatoms. The number of amides is 1. The van der Waals surface area contributed by atoms with Crippen molar-refractivity contribution in [3.63, 3.8) is 0 Å². The summed E-state index contributed by atoms with van der Waals surface area (Å²) in [6, 6.07) is 5.32. The van der Waals surface area contributed by atoms with Gasteiger partial charge in [-0.25, -0.2) is 0 Å². The van der Waals surface area contributed by atoms with Crippen LogP contribution in [0.2, 0.25) is 0 Å². The summed E-state index contributed by atoms with van der Waals surface area (Å²) in [5, 5.41) is 15.0. The Kier molecular flexibility index (Phi) is 3.50. The smallest absolute Gasteiger partial charge is 0.238 e. The summed E-state index contributed by atoms with van der Waals surface area (Å²) in [6.45, 7) is 1.33. The summed E-state index contributed by atoms with van der Waals surface area (Å²) in [4.78, 5) is 11.8. The average Bonchev–Trinajstić information content (AvgIpc) is 3.26. The van der Waals surface area contributed by atoms with Crippen molar-refractivity contribution in [2.24, 2.45) is 0 Å². The first-order valence-electron chi connectivity index (χ1n) is 6.76. The number of carbonyl (C=O) groups excluding carboxylic acids is 1. The summed E-state index contributed by atoms with van der Waals surface area (Å²) in [6.07, 6.45) is 1.83. The lowest BCUT2D eigenvalue weighted by Crippen LogP contribution is -2.40. The number of aliphatic hydroxyl groups is 1. The van der Waals surface area contributed by atoms with Crippen molar-refractivity contribution in [1.29, 1.82) is 0 Å². The molecule has 1 aromatic rings. The predicted octanol–water partition coefficient (Wildman–Crippen LogP) is 0.511. The Morgan fingerprint density at radius 2 is 2.00 bits per heavy atom. The van der Waals surface area contributed by atoms with Crippen molar-refractivity contribution in [1.82, 2.24) is 5.32 Å². The van der Waals surface area contributed by atoms with Crippen LogP contribution in [0, 0.1) is 0 Å². The number of rotatable bonds is 5. The van der Waals surface area contributed by atoms with Crippen LogP contribution in [0.4, 0.5) is 5.69 Å². The van der Waals surface area contributed by atoms with Gasteiger partial charge in [-0.3, -0.25) is 4.79 Å². The fourth-order valence-electron chi connectivity index (χ4n) is 2.14. The zero-order valence-electron chi connectivity index (χ0n) is 11.1. The molecule has 1 aliphatic carbocycles. The Hall–Kier alpha value is -1.79. The van der Waals surface area contributed by atoms with Gasteiger partial charge in [-0.05, 0) is 25.0 Å². The average molecular weight is 278 g/mol. The van der Waals surface area contributed by atoms with Crippen molar-refractivity contribution >= 4 is 11.6 Å². The van der Waals surface area contributed by atoms with Crippen LogP contribution in [0.15, 0.2) is 18.2 Å². The first-order valence-corrected chi connectivity index (χ1v) is 6.76. The number of anilines is 1. The molecule has 0 radical (unpaired) electrons. The summed E-state index contributed by atoms with van der Waals surface area (Å²) in [7, 11) is 0. The van der Waals surface area contributed by atoms with E-state index in [1.807, 2.05) is 0 Å². The molecule has 1 heterocycles. The molecule has 1 amide bonds. The van der Waals surface area contributed by atoms with Crippen molar-refractivity contribution in [3.05, 3.63) is 18.2 Å². The number of aliphatic hydroxyl groups excluding tert-OH is 1. The van der Waals surface area contributed by atoms with Gasteiger partial charge in [-0.2, -0.15) is 0 Å². The Balaban J connectivity index is 1.56. The van der Waals surface area contributed by atoms with Gasteiger partial charge in [0, 0.05) is 17.3 Å². The van der Waals surface area contributed by atoms with Crippen LogP contribution < -0.4 is 20.1 Å². The van der Waals surface area contributed by atoms with Gasteiger partial charge in [-0.15, -0.1) is 0 Å². The first-order chi connectivity index (χ1) is 9.71. The van der Waals surface area contributed by atoms with Crippen LogP contribution in [-0.4, -0.2) is 42.9 Å². The highest BCUT2D eigenvalue weighted by Crippen LogP contribution is 2.34. The lowest BCUT2D eigenvalue weighted by Gasteiger charge is -2.19. The molecule has 0 bridgehead atoms. The molecule has 108 valence electrons. The van der Waals surface area contributed by atoms with E-state index in [1.165, 1.54) is 0 Å². The molecule has 3 rings (SSSR count). The number of nitrogens with one attached hydrogen (secondary N) is 2. The zero-order valence-corrected chi connectivity index (χ0v) is 11.1. The molecule has 0 saturated heterocycles. The van der Waals surface area contributed by atoms with Crippen LogP contribution in [-0.2, 0) is 4.79 Å². The van der Waals surface area contributed by atoms with E-state index in [0.717, 1.165) is 12.8 Å². The third-order valence-corrected chi connectivity index (χ3v) is 3.61. The number of hydrogen-bond donors (Lipinski definition) is 3. The van der Waals surface area contributed by atoms with Crippen molar-refractivity contribution in [3.8, 4) is 11.5 Å². The molecule has 1 aromatic carbocycles. The second-order valence-electron chi connectivity index (χ2n) is 5.20. The molecule has 6 nitrogen and oxygen atoms in total. The highest BCUT2D eigenvalue weighted by atomic mass is 16.6. The monoisotopic (exact) mass is 278 g/mol. The van der Waals surface area contributed by atoms with Gasteiger partial charge in [0.25, 0.3) is 0 Å². The zero-order chi connectivity index (χ0) is 14.0. The third-order valence-electron chi connectivity index (χ3n) is 3.61. The van der Waals surface area contributed by atoms with Gasteiger partial charge < -0.3 is 25.2 Å². The molecule has 1 aliphatic heterocycles. The minimum atomic E-state index is -0.232. The Labute approximate surface area is 117 Å². The Bertz CT molecular complexity index is 514. The Morgan fingerprint density at radius 3 is 2.70 bits per heavy atom. The van der Waals surface area contributed by atoms with E-state index in [9.17, 15) is 4.79 Å². The number of hydrogen-bond acceptors (Lipinski definition) is 5. The minimum absolute atomic E-state index is 0.0737. The molecular weight excluding hydrogens is 260 g/mol. The number of carbonyl (C=O) groups is 1. The summed E-state index contributed by atoms with van der Waals surface area (Å²) in [5.41, 5.74) is 0.444. The summed E-state index contributed by atoms with van der Waals surface area (Å²) < 4.78 is 10.9. The molecule has 1 fully saturated rings. The number of ether oxygens (including phenoxy) is 2. The molecule has 20 heavy (non-hydrogen) atoms. The maximum absolute atomic E-state index is 11.8. The van der Waals surface area contributed by atoms with Gasteiger partial charge in [0.2, 0.25) is 5.91 Å². The largest absolute Gasteiger partial charge is 0.486 e. The summed E-state index contributed by atoms with van der Waals surface area (Å²) in [5.74, 6) is 1.21. The van der Waals surface area contributed by atoms with E-state index in [0.29, 0.717) is 30.4 Å². The maximum atomic E-state index is 11.8. The second-order valence-corrected chi connectivity index (χ2v) is 5.20. The van der Waals surface area contributed by atoms with Gasteiger partial charge >= 0.3 is 0 Å². The molecule has 0 spiro atoms. The van der Waals surface area contributed by atoms with Gasteiger partial charge in [-0.1, -0.05) is 0 Å². The SMILES string of the molecule is O=C(CNC1(CO)CC1)Nc1ccc2c(c1)OCCO2. The van der Waals surface area contributed by atoms with Crippen molar-refractivity contribution in [2.75, 3.05) is 31.7 Å². The molecule has 0 aromatic heterocycles. The molecule has 2 aliphatic rings. The van der Waals surface area contributed by atoms with E-state index in [2.05, 4.69) is 10.6 Å². The maximum Gasteiger partial charge on any atom is 0.238 e. The minimum Gasteiger partial charge on any atom is -0.486 e. The number of benzene rings is 1.